The molecular weight excluding hydrogens is 258 g/mol. The van der Waals surface area contributed by atoms with Crippen LogP contribution < -0.4 is 0 Å². The Labute approximate surface area is 117 Å². The minimum Gasteiger partial charge on any atom is -0.356 e. The van der Waals surface area contributed by atoms with E-state index in [1.54, 1.807) is 0 Å². The lowest BCUT2D eigenvalue weighted by molar-refractivity contribution is 0.108. The first-order valence-electron chi connectivity index (χ1n) is 6.25. The number of carbonyl (C=O) groups excluding carboxylic acids is 1. The van der Waals surface area contributed by atoms with Crippen molar-refractivity contribution in [2.24, 2.45) is 0 Å². The first-order valence-corrected chi connectivity index (χ1v) is 7.24. The lowest BCUT2D eigenvalue weighted by Crippen LogP contribution is -2.00. The lowest BCUT2D eigenvalue weighted by atomic mass is 9.96. The molecule has 0 saturated carbocycles. The highest BCUT2D eigenvalue weighted by Crippen LogP contribution is 2.31. The van der Waals surface area contributed by atoms with Crippen molar-refractivity contribution in [2.75, 3.05) is 5.75 Å². The molecule has 3 nitrogen and oxygen atoms in total. The molecule has 0 saturated heterocycles. The normalized spacial score (nSPS) is 10.7. The number of benzene rings is 1. The molecule has 0 spiro atoms. The molecule has 0 fully saturated rings. The van der Waals surface area contributed by atoms with Crippen molar-refractivity contribution in [1.29, 1.82) is 0 Å². The Hall–Kier alpha value is -1.55. The van der Waals surface area contributed by atoms with Crippen LogP contribution in [0.25, 0.3) is 11.3 Å². The molecule has 2 aromatic rings. The largest absolute Gasteiger partial charge is 0.356 e. The van der Waals surface area contributed by atoms with Crippen LogP contribution >= 0.6 is 11.8 Å². The van der Waals surface area contributed by atoms with Gasteiger partial charge in [-0.2, -0.15) is 0 Å². The molecule has 19 heavy (non-hydrogen) atoms. The van der Waals surface area contributed by atoms with Gasteiger partial charge in [0.2, 0.25) is 5.12 Å². The maximum Gasteiger partial charge on any atom is 0.219 e. The third-order valence-electron chi connectivity index (χ3n) is 3.04. The molecule has 0 radical (unpaired) electrons. The summed E-state index contributed by atoms with van der Waals surface area (Å²) in [6.07, 6.45) is 0. The van der Waals surface area contributed by atoms with E-state index in [1.165, 1.54) is 11.8 Å². The molecule has 1 heterocycles. The quantitative estimate of drug-likeness (QED) is 0.843. The van der Waals surface area contributed by atoms with Gasteiger partial charge in [-0.1, -0.05) is 29.9 Å². The zero-order valence-electron chi connectivity index (χ0n) is 11.6. The first-order chi connectivity index (χ1) is 9.04. The van der Waals surface area contributed by atoms with Crippen molar-refractivity contribution in [3.8, 4) is 11.3 Å². The molecule has 0 amide bonds. The Balaban J connectivity index is 2.55. The van der Waals surface area contributed by atoms with Crippen LogP contribution in [-0.2, 0) is 0 Å². The smallest absolute Gasteiger partial charge is 0.219 e. The maximum atomic E-state index is 12.1. The summed E-state index contributed by atoms with van der Waals surface area (Å²) in [5, 5.41) is 4.03. The second-order valence-electron chi connectivity index (χ2n) is 4.48. The van der Waals surface area contributed by atoms with E-state index in [2.05, 4.69) is 5.16 Å². The molecule has 0 bridgehead atoms. The van der Waals surface area contributed by atoms with E-state index in [0.29, 0.717) is 0 Å². The molecular formula is C15H17NO2S. The van der Waals surface area contributed by atoms with E-state index in [9.17, 15) is 4.79 Å². The van der Waals surface area contributed by atoms with Gasteiger partial charge in [0.1, 0.15) is 0 Å². The molecule has 4 heteroatoms. The number of hydrogen-bond acceptors (Lipinski definition) is 4. The van der Waals surface area contributed by atoms with Gasteiger partial charge in [0.05, 0.1) is 5.69 Å². The summed E-state index contributed by atoms with van der Waals surface area (Å²) in [4.78, 5) is 12.1. The Bertz CT molecular complexity index is 617. The summed E-state index contributed by atoms with van der Waals surface area (Å²) >= 11 is 1.33. The van der Waals surface area contributed by atoms with Crippen molar-refractivity contribution < 1.29 is 9.32 Å². The highest BCUT2D eigenvalue weighted by atomic mass is 32.2. The molecule has 0 aliphatic rings. The van der Waals surface area contributed by atoms with Crippen LogP contribution in [0.15, 0.2) is 22.7 Å². The molecule has 0 atom stereocenters. The number of hydrogen-bond donors (Lipinski definition) is 0. The highest BCUT2D eigenvalue weighted by Gasteiger charge is 2.17. The predicted molar refractivity (Wildman–Crippen MR) is 78.6 cm³/mol. The summed E-state index contributed by atoms with van der Waals surface area (Å²) in [5.41, 5.74) is 4.62. The summed E-state index contributed by atoms with van der Waals surface area (Å²) in [7, 11) is 0. The van der Waals surface area contributed by atoms with E-state index in [1.807, 2.05) is 45.9 Å². The Kier molecular flexibility index (Phi) is 4.10. The fourth-order valence-electron chi connectivity index (χ4n) is 2.14. The van der Waals surface area contributed by atoms with Crippen LogP contribution in [0.1, 0.15) is 34.1 Å². The van der Waals surface area contributed by atoms with Crippen molar-refractivity contribution in [3.63, 3.8) is 0 Å². The van der Waals surface area contributed by atoms with Crippen LogP contribution in [0.2, 0.25) is 0 Å². The van der Waals surface area contributed by atoms with Gasteiger partial charge in [-0.25, -0.2) is 0 Å². The summed E-state index contributed by atoms with van der Waals surface area (Å²) in [6.45, 7) is 7.84. The highest BCUT2D eigenvalue weighted by molar-refractivity contribution is 8.14. The van der Waals surface area contributed by atoms with Crippen LogP contribution in [0.3, 0.4) is 0 Å². The van der Waals surface area contributed by atoms with Crippen molar-refractivity contribution in [1.82, 2.24) is 5.16 Å². The molecule has 2 rings (SSSR count). The monoisotopic (exact) mass is 275 g/mol. The number of thioether (sulfide) groups is 1. The molecule has 1 aromatic carbocycles. The van der Waals surface area contributed by atoms with Gasteiger partial charge in [-0.15, -0.1) is 0 Å². The number of carbonyl (C=O) groups is 1. The topological polar surface area (TPSA) is 43.1 Å². The van der Waals surface area contributed by atoms with Crippen LogP contribution in [0.4, 0.5) is 0 Å². The van der Waals surface area contributed by atoms with Crippen molar-refractivity contribution in [2.45, 2.75) is 27.7 Å². The third-order valence-corrected chi connectivity index (χ3v) is 3.81. The van der Waals surface area contributed by atoms with Gasteiger partial charge < -0.3 is 4.52 Å². The second kappa shape index (κ2) is 5.61. The molecule has 0 aliphatic heterocycles. The fraction of sp³-hybridized carbons (Fsp3) is 0.333. The Morgan fingerprint density at radius 2 is 2.05 bits per heavy atom. The average Bonchev–Trinajstić information content (AvgIpc) is 2.76. The van der Waals surface area contributed by atoms with Gasteiger partial charge >= 0.3 is 0 Å². The molecule has 100 valence electrons. The van der Waals surface area contributed by atoms with Crippen molar-refractivity contribution >= 4 is 16.9 Å². The first kappa shape index (κ1) is 13.9. The summed E-state index contributed by atoms with van der Waals surface area (Å²) in [6, 6.07) is 5.75. The number of aromatic nitrogens is 1. The Morgan fingerprint density at radius 3 is 2.63 bits per heavy atom. The number of nitrogens with zero attached hydrogens (tertiary/aromatic N) is 1. The summed E-state index contributed by atoms with van der Waals surface area (Å²) in [5.74, 6) is 1.51. The molecule has 0 N–H and O–H groups in total. The van der Waals surface area contributed by atoms with Gasteiger partial charge in [-0.3, -0.25) is 4.79 Å². The maximum absolute atomic E-state index is 12.1. The van der Waals surface area contributed by atoms with Gasteiger partial charge in [0.15, 0.2) is 5.76 Å². The molecule has 0 aliphatic carbocycles. The van der Waals surface area contributed by atoms with E-state index in [0.717, 1.165) is 39.5 Å². The van der Waals surface area contributed by atoms with Crippen LogP contribution in [-0.4, -0.2) is 16.0 Å². The molecule has 1 aromatic heterocycles. The molecule has 0 unspecified atom stereocenters. The van der Waals surface area contributed by atoms with Gasteiger partial charge in [0.25, 0.3) is 0 Å². The van der Waals surface area contributed by atoms with E-state index in [-0.39, 0.29) is 5.12 Å². The average molecular weight is 275 g/mol. The van der Waals surface area contributed by atoms with Gasteiger partial charge in [0, 0.05) is 17.2 Å². The SMILES string of the molecule is CCSC(=O)c1ccc(C)c(-c2cc(C)no2)c1C. The number of aryl methyl sites for hydroxylation is 2. The van der Waals surface area contributed by atoms with E-state index >= 15 is 0 Å². The van der Waals surface area contributed by atoms with E-state index < -0.39 is 0 Å². The zero-order valence-corrected chi connectivity index (χ0v) is 12.4. The lowest BCUT2D eigenvalue weighted by Gasteiger charge is -2.11. The minimum atomic E-state index is 0.109. The number of rotatable bonds is 3. The van der Waals surface area contributed by atoms with Crippen LogP contribution in [0, 0.1) is 20.8 Å². The Morgan fingerprint density at radius 1 is 1.32 bits per heavy atom. The minimum absolute atomic E-state index is 0.109. The van der Waals surface area contributed by atoms with E-state index in [4.69, 9.17) is 4.52 Å². The van der Waals surface area contributed by atoms with Crippen LogP contribution in [0.5, 0.6) is 0 Å². The standard InChI is InChI=1S/C15H17NO2S/c1-5-19-15(17)12-7-6-9(2)14(11(12)4)13-8-10(3)16-18-13/h6-8H,5H2,1-4H3. The van der Waals surface area contributed by atoms with Gasteiger partial charge in [-0.05, 0) is 43.7 Å². The third kappa shape index (κ3) is 2.73. The predicted octanol–water partition coefficient (Wildman–Crippen LogP) is 4.16. The summed E-state index contributed by atoms with van der Waals surface area (Å²) < 4.78 is 5.34. The van der Waals surface area contributed by atoms with Crippen molar-refractivity contribution in [3.05, 3.63) is 40.6 Å². The second-order valence-corrected chi connectivity index (χ2v) is 5.72. The zero-order chi connectivity index (χ0) is 14.0. The fourth-order valence-corrected chi connectivity index (χ4v) is 2.78.